The highest BCUT2D eigenvalue weighted by atomic mass is 32.1. The Morgan fingerprint density at radius 2 is 2.21 bits per heavy atom. The lowest BCUT2D eigenvalue weighted by Crippen LogP contribution is -2.50. The number of aliphatic hydroxyl groups is 1. The molecule has 1 N–H and O–H groups in total. The Morgan fingerprint density at radius 1 is 1.37 bits per heavy atom. The Kier molecular flexibility index (Phi) is 4.32. The molecule has 0 aromatic carbocycles. The van der Waals surface area contributed by atoms with E-state index in [4.69, 9.17) is 4.74 Å². The van der Waals surface area contributed by atoms with Crippen molar-refractivity contribution in [1.82, 2.24) is 9.88 Å². The first kappa shape index (κ1) is 13.3. The van der Waals surface area contributed by atoms with Gasteiger partial charge in [0.25, 0.3) is 0 Å². The minimum Gasteiger partial charge on any atom is -0.393 e. The van der Waals surface area contributed by atoms with Crippen molar-refractivity contribution < 1.29 is 9.84 Å². The van der Waals surface area contributed by atoms with Gasteiger partial charge in [-0.15, -0.1) is 11.3 Å². The molecule has 19 heavy (non-hydrogen) atoms. The Hall–Kier alpha value is -0.690. The van der Waals surface area contributed by atoms with E-state index in [9.17, 15) is 5.11 Å². The number of hydrogen-bond acceptors (Lipinski definition) is 6. The average molecular weight is 283 g/mol. The molecule has 2 aliphatic heterocycles. The van der Waals surface area contributed by atoms with Crippen LogP contribution in [0.1, 0.15) is 6.42 Å². The zero-order chi connectivity index (χ0) is 13.1. The lowest BCUT2D eigenvalue weighted by Gasteiger charge is -2.38. The second kappa shape index (κ2) is 6.17. The van der Waals surface area contributed by atoms with E-state index in [0.717, 1.165) is 44.3 Å². The van der Waals surface area contributed by atoms with Gasteiger partial charge in [0, 0.05) is 56.8 Å². The van der Waals surface area contributed by atoms with Gasteiger partial charge in [-0.05, 0) is 6.42 Å². The van der Waals surface area contributed by atoms with E-state index in [-0.39, 0.29) is 12.0 Å². The first-order valence-corrected chi connectivity index (χ1v) is 7.83. The van der Waals surface area contributed by atoms with Gasteiger partial charge in [-0.3, -0.25) is 4.90 Å². The number of piperazine rings is 1. The molecule has 5 nitrogen and oxygen atoms in total. The molecule has 6 heteroatoms. The van der Waals surface area contributed by atoms with Crippen LogP contribution in [0, 0.1) is 5.92 Å². The number of rotatable bonds is 3. The first-order valence-electron chi connectivity index (χ1n) is 6.95. The summed E-state index contributed by atoms with van der Waals surface area (Å²) in [6.07, 6.45) is 2.46. The molecule has 0 spiro atoms. The number of ether oxygens (including phenoxy) is 1. The van der Waals surface area contributed by atoms with Crippen LogP contribution in [0.3, 0.4) is 0 Å². The molecule has 2 aliphatic rings. The van der Waals surface area contributed by atoms with Crippen LogP contribution in [0.5, 0.6) is 0 Å². The van der Waals surface area contributed by atoms with Crippen molar-refractivity contribution in [1.29, 1.82) is 0 Å². The smallest absolute Gasteiger partial charge is 0.185 e. The van der Waals surface area contributed by atoms with Crippen LogP contribution in [0.15, 0.2) is 11.6 Å². The molecule has 0 aliphatic carbocycles. The largest absolute Gasteiger partial charge is 0.393 e. The third-order valence-electron chi connectivity index (χ3n) is 3.99. The van der Waals surface area contributed by atoms with Gasteiger partial charge in [-0.2, -0.15) is 0 Å². The summed E-state index contributed by atoms with van der Waals surface area (Å²) in [5.41, 5.74) is 0. The molecule has 106 valence electrons. The highest BCUT2D eigenvalue weighted by Gasteiger charge is 2.27. The molecule has 2 atom stereocenters. The van der Waals surface area contributed by atoms with Crippen molar-refractivity contribution in [3.05, 3.63) is 11.6 Å². The highest BCUT2D eigenvalue weighted by Crippen LogP contribution is 2.21. The SMILES string of the molecule is OC1CCOCC1CN1CCN(c2nccs2)CC1. The summed E-state index contributed by atoms with van der Waals surface area (Å²) in [7, 11) is 0. The van der Waals surface area contributed by atoms with Crippen molar-refractivity contribution in [2.45, 2.75) is 12.5 Å². The Labute approximate surface area is 117 Å². The minimum atomic E-state index is -0.189. The van der Waals surface area contributed by atoms with E-state index < -0.39 is 0 Å². The first-order chi connectivity index (χ1) is 9.33. The molecule has 1 aromatic rings. The molecule has 0 radical (unpaired) electrons. The van der Waals surface area contributed by atoms with Crippen LogP contribution in [0.25, 0.3) is 0 Å². The van der Waals surface area contributed by atoms with Gasteiger partial charge in [0.15, 0.2) is 5.13 Å². The van der Waals surface area contributed by atoms with E-state index >= 15 is 0 Å². The van der Waals surface area contributed by atoms with E-state index in [2.05, 4.69) is 14.8 Å². The fourth-order valence-corrected chi connectivity index (χ4v) is 3.48. The lowest BCUT2D eigenvalue weighted by molar-refractivity contribution is -0.0469. The highest BCUT2D eigenvalue weighted by molar-refractivity contribution is 7.13. The van der Waals surface area contributed by atoms with Crippen LogP contribution in [0.2, 0.25) is 0 Å². The third-order valence-corrected chi connectivity index (χ3v) is 4.82. The minimum absolute atomic E-state index is 0.189. The molecule has 0 bridgehead atoms. The quantitative estimate of drug-likeness (QED) is 0.883. The van der Waals surface area contributed by atoms with Gasteiger partial charge in [0.1, 0.15) is 0 Å². The zero-order valence-corrected chi connectivity index (χ0v) is 11.9. The fourth-order valence-electron chi connectivity index (χ4n) is 2.79. The van der Waals surface area contributed by atoms with E-state index in [1.807, 2.05) is 11.6 Å². The van der Waals surface area contributed by atoms with E-state index in [0.29, 0.717) is 13.2 Å². The fraction of sp³-hybridized carbons (Fsp3) is 0.769. The summed E-state index contributed by atoms with van der Waals surface area (Å²) in [6.45, 7) is 6.50. The Morgan fingerprint density at radius 3 is 2.89 bits per heavy atom. The normalized spacial score (nSPS) is 29.6. The number of aliphatic hydroxyl groups excluding tert-OH is 1. The molecular weight excluding hydrogens is 262 g/mol. The Bertz CT molecular complexity index is 379. The summed E-state index contributed by atoms with van der Waals surface area (Å²) in [6, 6.07) is 0. The maximum atomic E-state index is 9.98. The number of anilines is 1. The molecule has 1 aromatic heterocycles. The summed E-state index contributed by atoms with van der Waals surface area (Å²) >= 11 is 1.70. The van der Waals surface area contributed by atoms with Crippen molar-refractivity contribution >= 4 is 16.5 Å². The monoisotopic (exact) mass is 283 g/mol. The molecule has 0 amide bonds. The number of hydrogen-bond donors (Lipinski definition) is 1. The lowest BCUT2D eigenvalue weighted by atomic mass is 9.98. The van der Waals surface area contributed by atoms with E-state index in [1.54, 1.807) is 11.3 Å². The molecule has 3 rings (SSSR count). The van der Waals surface area contributed by atoms with Crippen molar-refractivity contribution in [3.63, 3.8) is 0 Å². The van der Waals surface area contributed by atoms with Crippen LogP contribution >= 0.6 is 11.3 Å². The van der Waals surface area contributed by atoms with Gasteiger partial charge in [-0.1, -0.05) is 0 Å². The van der Waals surface area contributed by atoms with Gasteiger partial charge >= 0.3 is 0 Å². The van der Waals surface area contributed by atoms with Crippen LogP contribution in [-0.2, 0) is 4.74 Å². The predicted octanol–water partition coefficient (Wildman–Crippen LogP) is 0.662. The summed E-state index contributed by atoms with van der Waals surface area (Å²) in [5.74, 6) is 0.278. The van der Waals surface area contributed by atoms with E-state index in [1.165, 1.54) is 0 Å². The molecule has 2 saturated heterocycles. The molecular formula is C13H21N3O2S. The molecule has 2 unspecified atom stereocenters. The van der Waals surface area contributed by atoms with Crippen LogP contribution < -0.4 is 4.90 Å². The standard InChI is InChI=1S/C13H21N3O2S/c17-12-1-7-18-10-11(12)9-15-3-5-16(6-4-15)13-14-2-8-19-13/h2,8,11-12,17H,1,3-7,9-10H2. The summed E-state index contributed by atoms with van der Waals surface area (Å²) in [4.78, 5) is 9.14. The van der Waals surface area contributed by atoms with Gasteiger partial charge in [0.05, 0.1) is 12.7 Å². The third kappa shape index (κ3) is 3.25. The van der Waals surface area contributed by atoms with Crippen LogP contribution in [-0.4, -0.2) is 67.0 Å². The van der Waals surface area contributed by atoms with Crippen molar-refractivity contribution in [2.75, 3.05) is 50.8 Å². The number of nitrogens with zero attached hydrogens (tertiary/aromatic N) is 3. The average Bonchev–Trinajstić information content (AvgIpc) is 2.96. The maximum Gasteiger partial charge on any atom is 0.185 e. The Balaban J connectivity index is 1.47. The van der Waals surface area contributed by atoms with Gasteiger partial charge in [0.2, 0.25) is 0 Å². The maximum absolute atomic E-state index is 9.98. The second-order valence-corrected chi connectivity index (χ2v) is 6.17. The molecule has 0 saturated carbocycles. The molecule has 3 heterocycles. The molecule has 2 fully saturated rings. The van der Waals surface area contributed by atoms with Crippen molar-refractivity contribution in [2.24, 2.45) is 5.92 Å². The predicted molar refractivity (Wildman–Crippen MR) is 75.7 cm³/mol. The number of aromatic nitrogens is 1. The van der Waals surface area contributed by atoms with Crippen LogP contribution in [0.4, 0.5) is 5.13 Å². The summed E-state index contributed by atoms with van der Waals surface area (Å²) < 4.78 is 5.47. The van der Waals surface area contributed by atoms with Gasteiger partial charge < -0.3 is 14.7 Å². The topological polar surface area (TPSA) is 48.8 Å². The summed E-state index contributed by atoms with van der Waals surface area (Å²) in [5, 5.41) is 13.1. The number of thiazole rings is 1. The van der Waals surface area contributed by atoms with Crippen molar-refractivity contribution in [3.8, 4) is 0 Å². The second-order valence-electron chi connectivity index (χ2n) is 5.29. The zero-order valence-electron chi connectivity index (χ0n) is 11.1. The van der Waals surface area contributed by atoms with Gasteiger partial charge in [-0.25, -0.2) is 4.98 Å².